The zero-order valence-electron chi connectivity index (χ0n) is 32.1. The molecule has 3 N–H and O–H groups in total. The van der Waals surface area contributed by atoms with E-state index in [0.717, 1.165) is 33.3 Å². The van der Waals surface area contributed by atoms with E-state index < -0.39 is 17.8 Å². The Morgan fingerprint density at radius 3 is 2.15 bits per heavy atom. The summed E-state index contributed by atoms with van der Waals surface area (Å²) in [7, 11) is 1.51. The van der Waals surface area contributed by atoms with Crippen LogP contribution in [0.1, 0.15) is 129 Å². The van der Waals surface area contributed by atoms with Crippen LogP contribution in [0.5, 0.6) is 5.75 Å². The molecule has 1 aromatic carbocycles. The molecule has 10 nitrogen and oxygen atoms in total. The number of carbonyl (C=O) groups excluding carboxylic acids is 2. The third-order valence-electron chi connectivity index (χ3n) is 9.83. The van der Waals surface area contributed by atoms with Crippen LogP contribution in [0, 0.1) is 5.92 Å². The quantitative estimate of drug-likeness (QED) is 0.0789. The zero-order valence-corrected chi connectivity index (χ0v) is 38.4. The second-order valence-corrected chi connectivity index (χ2v) is 17.7. The van der Waals surface area contributed by atoms with Crippen molar-refractivity contribution in [3.63, 3.8) is 0 Å². The maximum Gasteiger partial charge on any atom is 0.311 e. The number of methoxy groups -OCH3 is 1. The van der Waals surface area contributed by atoms with Crippen LogP contribution in [0.3, 0.4) is 0 Å². The number of hydrogen-bond donors (Lipinski definition) is 3. The summed E-state index contributed by atoms with van der Waals surface area (Å²) in [5.41, 5.74) is 0.881. The molecule has 1 unspecified atom stereocenters. The molecule has 3 atom stereocenters. The number of benzene rings is 1. The summed E-state index contributed by atoms with van der Waals surface area (Å²) in [6.07, 6.45) is 20.0. The van der Waals surface area contributed by atoms with Crippen LogP contribution in [0.2, 0.25) is 0 Å². The van der Waals surface area contributed by atoms with E-state index in [2.05, 4.69) is 93.4 Å². The van der Waals surface area contributed by atoms with Gasteiger partial charge in [-0.1, -0.05) is 118 Å². The molecule has 54 heavy (non-hydrogen) atoms. The number of unbranched alkanes of at least 4 members (excludes halogenated alkanes) is 11. The van der Waals surface area contributed by atoms with Crippen LogP contribution in [0.4, 0.5) is 0 Å². The first-order valence-electron chi connectivity index (χ1n) is 19.6. The zero-order chi connectivity index (χ0) is 39.3. The number of nitrogens with zero attached hydrogens (tertiary/aromatic N) is 1. The summed E-state index contributed by atoms with van der Waals surface area (Å²) in [5, 5.41) is 20.6. The predicted octanol–water partition coefficient (Wildman–Crippen LogP) is 10.6. The maximum atomic E-state index is 12.8. The Kier molecular flexibility index (Phi) is 22.2. The minimum Gasteiger partial charge on any atom is -0.495 e. The second-order valence-electron chi connectivity index (χ2n) is 14.2. The minimum atomic E-state index is -1.60. The third kappa shape index (κ3) is 15.7. The Balaban J connectivity index is 1.22. The molecule has 1 spiro atoms. The number of halogens is 4. The van der Waals surface area contributed by atoms with Crippen molar-refractivity contribution >= 4 is 81.2 Å². The van der Waals surface area contributed by atoms with Crippen LogP contribution < -0.4 is 15.4 Å². The van der Waals surface area contributed by atoms with Gasteiger partial charge in [0.05, 0.1) is 33.6 Å². The number of aliphatic hydroxyl groups is 1. The Morgan fingerprint density at radius 2 is 1.54 bits per heavy atom. The first kappa shape index (κ1) is 46.8. The molecule has 2 heterocycles. The SMILES string of the molecule is CCC(C)CCCCCCCCCCCCCCC(=O)NCCc1cc(Br)c(OCCCNC(=O)C2=NO[C@@]3(CC(Br)=C(OC)C(Br)=CO3)[C@H]2O)c(Br)c1. The van der Waals surface area contributed by atoms with Crippen molar-refractivity contribution in [1.29, 1.82) is 0 Å². The molecule has 0 saturated heterocycles. The first-order chi connectivity index (χ1) is 26.0. The van der Waals surface area contributed by atoms with Crippen molar-refractivity contribution in [3.8, 4) is 5.75 Å². The van der Waals surface area contributed by atoms with E-state index >= 15 is 0 Å². The lowest BCUT2D eigenvalue weighted by atomic mass is 9.99. The maximum absolute atomic E-state index is 12.8. The van der Waals surface area contributed by atoms with E-state index in [4.69, 9.17) is 19.0 Å². The second kappa shape index (κ2) is 25.6. The van der Waals surface area contributed by atoms with E-state index in [1.807, 2.05) is 12.1 Å². The lowest BCUT2D eigenvalue weighted by Crippen LogP contribution is -2.49. The van der Waals surface area contributed by atoms with Gasteiger partial charge in [-0.3, -0.25) is 9.59 Å². The first-order valence-corrected chi connectivity index (χ1v) is 22.7. The van der Waals surface area contributed by atoms with E-state index in [1.165, 1.54) is 90.4 Å². The highest BCUT2D eigenvalue weighted by molar-refractivity contribution is 9.12. The average molecular weight is 1010 g/mol. The van der Waals surface area contributed by atoms with Crippen molar-refractivity contribution < 1.29 is 33.7 Å². The molecule has 2 aliphatic heterocycles. The summed E-state index contributed by atoms with van der Waals surface area (Å²) in [4.78, 5) is 30.6. The van der Waals surface area contributed by atoms with Gasteiger partial charge < -0.3 is 34.8 Å². The lowest BCUT2D eigenvalue weighted by molar-refractivity contribution is -0.225. The van der Waals surface area contributed by atoms with E-state index in [-0.39, 0.29) is 24.6 Å². The van der Waals surface area contributed by atoms with E-state index in [0.29, 0.717) is 52.9 Å². The van der Waals surface area contributed by atoms with Crippen molar-refractivity contribution in [3.05, 3.63) is 47.6 Å². The Bertz CT molecular complexity index is 1420. The standard InChI is InChI=1S/C40H59Br4N3O7/c1-4-28(2)18-15-13-11-9-7-5-6-8-10-12-14-16-19-34(48)45-22-20-29-24-30(41)37(31(42)25-29)52-23-17-21-46-39(50)35-38(49)40(54-47-35)26-32(43)36(51-3)33(44)27-53-40/h24-25,27-28,38,49H,4-23,26H2,1-3H3,(H,45,48)(H,46,50)/t28?,38-,40-/m0/s1. The molecule has 14 heteroatoms. The summed E-state index contributed by atoms with van der Waals surface area (Å²) in [5.74, 6) is -0.0337. The highest BCUT2D eigenvalue weighted by atomic mass is 79.9. The van der Waals surface area contributed by atoms with Crippen LogP contribution in [-0.4, -0.2) is 61.3 Å². The van der Waals surface area contributed by atoms with Crippen LogP contribution in [-0.2, 0) is 30.3 Å². The van der Waals surface area contributed by atoms with Crippen LogP contribution in [0.15, 0.2) is 47.2 Å². The highest BCUT2D eigenvalue weighted by Crippen LogP contribution is 2.41. The van der Waals surface area contributed by atoms with Gasteiger partial charge in [0.2, 0.25) is 5.91 Å². The third-order valence-corrected chi connectivity index (χ3v) is 12.2. The van der Waals surface area contributed by atoms with E-state index in [9.17, 15) is 14.7 Å². The number of allylic oxidation sites excluding steroid dienone is 1. The van der Waals surface area contributed by atoms with Crippen LogP contribution in [0.25, 0.3) is 0 Å². The normalized spacial score (nSPS) is 18.7. The van der Waals surface area contributed by atoms with Gasteiger partial charge in [0.15, 0.2) is 11.8 Å². The monoisotopic (exact) mass is 1010 g/mol. The van der Waals surface area contributed by atoms with Gasteiger partial charge in [-0.25, -0.2) is 0 Å². The van der Waals surface area contributed by atoms with Gasteiger partial charge in [-0.2, -0.15) is 0 Å². The number of amides is 2. The number of ether oxygens (including phenoxy) is 3. The van der Waals surface area contributed by atoms with Crippen molar-refractivity contribution in [2.45, 2.75) is 141 Å². The van der Waals surface area contributed by atoms with Gasteiger partial charge >= 0.3 is 5.79 Å². The van der Waals surface area contributed by atoms with Crippen molar-refractivity contribution in [1.82, 2.24) is 10.6 Å². The molecule has 2 aliphatic rings. The van der Waals surface area contributed by atoms with Crippen LogP contribution >= 0.6 is 63.7 Å². The minimum absolute atomic E-state index is 0.0630. The molecule has 0 aliphatic carbocycles. The van der Waals surface area contributed by atoms with Gasteiger partial charge in [0, 0.05) is 24.0 Å². The number of nitrogens with one attached hydrogen (secondary N) is 2. The number of oxime groups is 1. The number of rotatable bonds is 26. The largest absolute Gasteiger partial charge is 0.495 e. The summed E-state index contributed by atoms with van der Waals surface area (Å²) in [6, 6.07) is 3.98. The molecular formula is C40H59Br4N3O7. The number of hydrogen-bond acceptors (Lipinski definition) is 8. The molecule has 0 radical (unpaired) electrons. The Hall–Kier alpha value is -1.61. The average Bonchev–Trinajstić information content (AvgIpc) is 3.39. The number of aliphatic hydroxyl groups excluding tert-OH is 1. The van der Waals surface area contributed by atoms with Gasteiger partial charge in [-0.15, -0.1) is 0 Å². The summed E-state index contributed by atoms with van der Waals surface area (Å²) >= 11 is 14.0. The van der Waals surface area contributed by atoms with Crippen molar-refractivity contribution in [2.24, 2.45) is 11.1 Å². The lowest BCUT2D eigenvalue weighted by Gasteiger charge is -2.27. The van der Waals surface area contributed by atoms with Gasteiger partial charge in [0.1, 0.15) is 17.8 Å². The molecule has 1 aromatic rings. The molecule has 0 fully saturated rings. The molecule has 0 bridgehead atoms. The highest BCUT2D eigenvalue weighted by Gasteiger charge is 2.54. The van der Waals surface area contributed by atoms with Gasteiger partial charge in [-0.05, 0) is 90.7 Å². The fraction of sp³-hybridized carbons (Fsp3) is 0.675. The van der Waals surface area contributed by atoms with Crippen molar-refractivity contribution in [2.75, 3.05) is 26.8 Å². The Morgan fingerprint density at radius 1 is 0.926 bits per heavy atom. The molecule has 0 aromatic heterocycles. The molecule has 0 saturated carbocycles. The fourth-order valence-corrected chi connectivity index (χ4v) is 9.35. The summed E-state index contributed by atoms with van der Waals surface area (Å²) < 4.78 is 19.7. The smallest absolute Gasteiger partial charge is 0.311 e. The van der Waals surface area contributed by atoms with Gasteiger partial charge in [0.25, 0.3) is 5.91 Å². The molecule has 2 amide bonds. The summed E-state index contributed by atoms with van der Waals surface area (Å²) in [6.45, 7) is 5.85. The molecular weight excluding hydrogens is 954 g/mol. The molecule has 3 rings (SSSR count). The fourth-order valence-electron chi connectivity index (χ4n) is 6.31. The topological polar surface area (TPSA) is 128 Å². The predicted molar refractivity (Wildman–Crippen MR) is 229 cm³/mol. The molecule has 304 valence electrons. The van der Waals surface area contributed by atoms with E-state index in [1.54, 1.807) is 0 Å². The number of carbonyl (C=O) groups is 2. The Labute approximate surface area is 355 Å².